The molecule has 3 rings (SSSR count). The number of amides is 1. The number of pyridine rings is 2. The van der Waals surface area contributed by atoms with Gasteiger partial charge in [-0.25, -0.2) is 14.8 Å². The predicted molar refractivity (Wildman–Crippen MR) is 110 cm³/mol. The molecule has 156 valence electrons. The molecule has 2 aromatic heterocycles. The minimum atomic E-state index is -0.599. The largest absolute Gasteiger partial charge is 0.469 e. The van der Waals surface area contributed by atoms with Gasteiger partial charge in [-0.3, -0.25) is 4.79 Å². The van der Waals surface area contributed by atoms with Gasteiger partial charge in [0.05, 0.1) is 18.5 Å². The fourth-order valence-electron chi connectivity index (χ4n) is 3.27. The molecule has 1 aliphatic heterocycles. The topological polar surface area (TPSA) is 93.7 Å². The van der Waals surface area contributed by atoms with Crippen LogP contribution in [0, 0.1) is 5.92 Å². The fraction of sp³-hybridized carbons (Fsp3) is 0.500. The van der Waals surface area contributed by atoms with E-state index in [4.69, 9.17) is 21.1 Å². The van der Waals surface area contributed by atoms with Gasteiger partial charge in [0.15, 0.2) is 0 Å². The lowest BCUT2D eigenvalue weighted by Crippen LogP contribution is -2.52. The standard InChI is InChI=1S/C20H25ClN4O4/c1-20(2,3)29-19(27)25-8-7-14(13(11-25)18(26)28-4)23-17-6-5-12-10-22-16(21)9-15(12)24-17/h5-6,9-10,13-14H,7-8,11H2,1-4H3,(H,23,24). The van der Waals surface area contributed by atoms with Crippen LogP contribution in [0.2, 0.25) is 5.15 Å². The summed E-state index contributed by atoms with van der Waals surface area (Å²) < 4.78 is 10.4. The molecule has 1 saturated heterocycles. The van der Waals surface area contributed by atoms with Gasteiger partial charge in [-0.05, 0) is 39.3 Å². The fourth-order valence-corrected chi connectivity index (χ4v) is 3.42. The molecule has 0 radical (unpaired) electrons. The van der Waals surface area contributed by atoms with E-state index in [0.717, 1.165) is 5.39 Å². The van der Waals surface area contributed by atoms with Crippen LogP contribution in [0.15, 0.2) is 24.4 Å². The summed E-state index contributed by atoms with van der Waals surface area (Å²) in [5.41, 5.74) is 0.105. The molecule has 8 nitrogen and oxygen atoms in total. The molecule has 3 heterocycles. The van der Waals surface area contributed by atoms with E-state index in [0.29, 0.717) is 29.5 Å². The zero-order chi connectivity index (χ0) is 21.2. The van der Waals surface area contributed by atoms with Crippen LogP contribution in [0.5, 0.6) is 0 Å². The van der Waals surface area contributed by atoms with Crippen LogP contribution in [0.1, 0.15) is 27.2 Å². The second-order valence-corrected chi connectivity index (χ2v) is 8.38. The number of esters is 1. The van der Waals surface area contributed by atoms with Gasteiger partial charge in [0.25, 0.3) is 0 Å². The molecule has 0 aliphatic carbocycles. The summed E-state index contributed by atoms with van der Waals surface area (Å²) in [5.74, 6) is -0.312. The number of carbonyl (C=O) groups is 2. The summed E-state index contributed by atoms with van der Waals surface area (Å²) in [5, 5.41) is 4.54. The van der Waals surface area contributed by atoms with Crippen molar-refractivity contribution in [2.24, 2.45) is 5.92 Å². The van der Waals surface area contributed by atoms with Crippen molar-refractivity contribution in [3.8, 4) is 0 Å². The van der Waals surface area contributed by atoms with Crippen LogP contribution >= 0.6 is 11.6 Å². The predicted octanol–water partition coefficient (Wildman–Crippen LogP) is 3.49. The van der Waals surface area contributed by atoms with Gasteiger partial charge < -0.3 is 19.7 Å². The maximum atomic E-state index is 12.4. The van der Waals surface area contributed by atoms with Gasteiger partial charge in [0.2, 0.25) is 0 Å². The van der Waals surface area contributed by atoms with Crippen molar-refractivity contribution >= 4 is 40.4 Å². The Hall–Kier alpha value is -2.61. The minimum absolute atomic E-state index is 0.211. The quantitative estimate of drug-likeness (QED) is 0.599. The number of rotatable bonds is 3. The highest BCUT2D eigenvalue weighted by atomic mass is 35.5. The number of nitrogens with one attached hydrogen (secondary N) is 1. The van der Waals surface area contributed by atoms with Gasteiger partial charge in [-0.2, -0.15) is 0 Å². The van der Waals surface area contributed by atoms with Crippen LogP contribution in [0.3, 0.4) is 0 Å². The van der Waals surface area contributed by atoms with Crippen molar-refractivity contribution in [1.82, 2.24) is 14.9 Å². The van der Waals surface area contributed by atoms with Crippen LogP contribution in [0.25, 0.3) is 10.9 Å². The van der Waals surface area contributed by atoms with E-state index in [1.807, 2.05) is 32.9 Å². The summed E-state index contributed by atoms with van der Waals surface area (Å²) in [6.07, 6.45) is 1.77. The molecule has 2 atom stereocenters. The Morgan fingerprint density at radius 1 is 1.31 bits per heavy atom. The van der Waals surface area contributed by atoms with Crippen LogP contribution in [-0.2, 0) is 14.3 Å². The van der Waals surface area contributed by atoms with Crippen molar-refractivity contribution in [2.75, 3.05) is 25.5 Å². The lowest BCUT2D eigenvalue weighted by atomic mass is 9.92. The normalized spacial score (nSPS) is 19.7. The van der Waals surface area contributed by atoms with Gasteiger partial charge >= 0.3 is 12.1 Å². The SMILES string of the molecule is COC(=O)C1CN(C(=O)OC(C)(C)C)CCC1Nc1ccc2cnc(Cl)cc2n1. The molecule has 0 spiro atoms. The minimum Gasteiger partial charge on any atom is -0.469 e. The molecular formula is C20H25ClN4O4. The number of fused-ring (bicyclic) bond motifs is 1. The number of hydrogen-bond acceptors (Lipinski definition) is 7. The first-order valence-electron chi connectivity index (χ1n) is 9.41. The smallest absolute Gasteiger partial charge is 0.410 e. The summed E-state index contributed by atoms with van der Waals surface area (Å²) in [6, 6.07) is 5.16. The molecule has 2 unspecified atom stereocenters. The summed E-state index contributed by atoms with van der Waals surface area (Å²) >= 11 is 5.96. The van der Waals surface area contributed by atoms with Crippen molar-refractivity contribution in [2.45, 2.75) is 38.8 Å². The van der Waals surface area contributed by atoms with Crippen molar-refractivity contribution in [1.29, 1.82) is 0 Å². The third-order valence-electron chi connectivity index (χ3n) is 4.64. The van der Waals surface area contributed by atoms with Crippen LogP contribution < -0.4 is 5.32 Å². The molecule has 1 fully saturated rings. The third-order valence-corrected chi connectivity index (χ3v) is 4.85. The second-order valence-electron chi connectivity index (χ2n) is 7.99. The Balaban J connectivity index is 1.76. The Morgan fingerprint density at radius 3 is 2.76 bits per heavy atom. The van der Waals surface area contributed by atoms with Crippen molar-refractivity contribution < 1.29 is 19.1 Å². The first-order chi connectivity index (χ1) is 13.7. The van der Waals surface area contributed by atoms with Gasteiger partial charge in [0.1, 0.15) is 16.6 Å². The molecule has 1 amide bonds. The number of nitrogens with zero attached hydrogens (tertiary/aromatic N) is 3. The lowest BCUT2D eigenvalue weighted by molar-refractivity contribution is -0.147. The zero-order valence-electron chi connectivity index (χ0n) is 16.9. The number of anilines is 1. The molecular weight excluding hydrogens is 396 g/mol. The van der Waals surface area contributed by atoms with E-state index in [1.54, 1.807) is 17.2 Å². The highest BCUT2D eigenvalue weighted by Crippen LogP contribution is 2.25. The van der Waals surface area contributed by atoms with Crippen LogP contribution in [-0.4, -0.2) is 58.8 Å². The van der Waals surface area contributed by atoms with Crippen molar-refractivity contribution in [3.63, 3.8) is 0 Å². The van der Waals surface area contributed by atoms with Crippen LogP contribution in [0.4, 0.5) is 10.6 Å². The summed E-state index contributed by atoms with van der Waals surface area (Å²) in [6.45, 7) is 6.10. The number of methoxy groups -OCH3 is 1. The van der Waals surface area contributed by atoms with E-state index in [9.17, 15) is 9.59 Å². The highest BCUT2D eigenvalue weighted by molar-refractivity contribution is 6.30. The Labute approximate surface area is 174 Å². The molecule has 1 aliphatic rings. The van der Waals surface area contributed by atoms with E-state index < -0.39 is 17.6 Å². The van der Waals surface area contributed by atoms with Crippen molar-refractivity contribution in [3.05, 3.63) is 29.5 Å². The number of piperidine rings is 1. The van der Waals surface area contributed by atoms with E-state index >= 15 is 0 Å². The number of carbonyl (C=O) groups excluding carboxylic acids is 2. The number of ether oxygens (including phenoxy) is 2. The maximum absolute atomic E-state index is 12.4. The second kappa shape index (κ2) is 8.41. The lowest BCUT2D eigenvalue weighted by Gasteiger charge is -2.38. The van der Waals surface area contributed by atoms with Gasteiger partial charge in [-0.15, -0.1) is 0 Å². The average molecular weight is 421 g/mol. The molecule has 1 N–H and O–H groups in total. The first kappa shape index (κ1) is 21.1. The number of likely N-dealkylation sites (tertiary alicyclic amines) is 1. The average Bonchev–Trinajstić information content (AvgIpc) is 2.66. The molecule has 29 heavy (non-hydrogen) atoms. The summed E-state index contributed by atoms with van der Waals surface area (Å²) in [4.78, 5) is 35.0. The molecule has 0 saturated carbocycles. The van der Waals surface area contributed by atoms with E-state index in [-0.39, 0.29) is 18.6 Å². The Morgan fingerprint density at radius 2 is 2.07 bits per heavy atom. The van der Waals surface area contributed by atoms with E-state index in [2.05, 4.69) is 15.3 Å². The van der Waals surface area contributed by atoms with E-state index in [1.165, 1.54) is 7.11 Å². The Kier molecular flexibility index (Phi) is 6.12. The molecule has 2 aromatic rings. The monoisotopic (exact) mass is 420 g/mol. The highest BCUT2D eigenvalue weighted by Gasteiger charge is 2.38. The molecule has 0 bridgehead atoms. The van der Waals surface area contributed by atoms with Gasteiger partial charge in [-0.1, -0.05) is 11.6 Å². The third kappa shape index (κ3) is 5.26. The zero-order valence-corrected chi connectivity index (χ0v) is 17.7. The first-order valence-corrected chi connectivity index (χ1v) is 9.78. The molecule has 0 aromatic carbocycles. The maximum Gasteiger partial charge on any atom is 0.410 e. The Bertz CT molecular complexity index is 915. The molecule has 9 heteroatoms. The number of halogens is 1. The summed E-state index contributed by atoms with van der Waals surface area (Å²) in [7, 11) is 1.34. The van der Waals surface area contributed by atoms with Gasteiger partial charge in [0, 0.05) is 36.8 Å². The number of aromatic nitrogens is 2. The number of hydrogen-bond donors (Lipinski definition) is 1.